The first kappa shape index (κ1) is 20.4. The first-order chi connectivity index (χ1) is 12.3. The zero-order valence-corrected chi connectivity index (χ0v) is 16.3. The Morgan fingerprint density at radius 1 is 1.04 bits per heavy atom. The minimum absolute atomic E-state index is 0.0494. The molecule has 1 heterocycles. The van der Waals surface area contributed by atoms with Crippen LogP contribution >= 0.6 is 0 Å². The normalized spacial score (nSPS) is 15.7. The van der Waals surface area contributed by atoms with E-state index in [0.717, 1.165) is 11.1 Å². The molecule has 0 unspecified atom stereocenters. The van der Waals surface area contributed by atoms with Crippen LogP contribution in [0.5, 0.6) is 0 Å². The topological polar surface area (TPSA) is 84.0 Å². The van der Waals surface area contributed by atoms with Gasteiger partial charge in [0.1, 0.15) is 0 Å². The van der Waals surface area contributed by atoms with Gasteiger partial charge in [-0.1, -0.05) is 6.07 Å². The average Bonchev–Trinajstić information content (AvgIpc) is 2.62. The first-order valence-corrected chi connectivity index (χ1v) is 10.2. The van der Waals surface area contributed by atoms with E-state index in [4.69, 9.17) is 4.74 Å². The molecule has 0 atom stereocenters. The number of hydrogen-bond donors (Lipinski definition) is 0. The lowest BCUT2D eigenvalue weighted by molar-refractivity contribution is -0.145. The van der Waals surface area contributed by atoms with Gasteiger partial charge in [-0.05, 0) is 44.0 Å². The molecule has 1 aromatic carbocycles. The molecule has 0 aliphatic carbocycles. The van der Waals surface area contributed by atoms with Gasteiger partial charge in [0.05, 0.1) is 17.9 Å². The van der Waals surface area contributed by atoms with Crippen LogP contribution in [0, 0.1) is 13.8 Å². The Labute approximate surface area is 155 Å². The molecule has 0 N–H and O–H groups in total. The highest BCUT2D eigenvalue weighted by atomic mass is 32.2. The van der Waals surface area contributed by atoms with Crippen molar-refractivity contribution in [3.05, 3.63) is 29.3 Å². The number of piperazine rings is 1. The fraction of sp³-hybridized carbons (Fsp3) is 0.556. The molecule has 1 aliphatic rings. The Kier molecular flexibility index (Phi) is 6.77. The summed E-state index contributed by atoms with van der Waals surface area (Å²) in [7, 11) is -3.56. The molecule has 8 heteroatoms. The number of nitrogens with zero attached hydrogens (tertiary/aromatic N) is 2. The Balaban J connectivity index is 1.93. The predicted octanol–water partition coefficient (Wildman–Crippen LogP) is 1.48. The van der Waals surface area contributed by atoms with E-state index >= 15 is 0 Å². The van der Waals surface area contributed by atoms with Crippen molar-refractivity contribution in [2.75, 3.05) is 32.8 Å². The zero-order chi connectivity index (χ0) is 19.3. The van der Waals surface area contributed by atoms with Gasteiger partial charge in [-0.15, -0.1) is 0 Å². The van der Waals surface area contributed by atoms with E-state index in [1.165, 1.54) is 4.31 Å². The summed E-state index contributed by atoms with van der Waals surface area (Å²) >= 11 is 0. The second-order valence-corrected chi connectivity index (χ2v) is 8.27. The number of carbonyl (C=O) groups excluding carboxylic acids is 2. The summed E-state index contributed by atoms with van der Waals surface area (Å²) in [6.07, 6.45) is 0.135. The Bertz CT molecular complexity index is 768. The summed E-state index contributed by atoms with van der Waals surface area (Å²) < 4.78 is 31.8. The van der Waals surface area contributed by atoms with Gasteiger partial charge < -0.3 is 9.64 Å². The maximum absolute atomic E-state index is 12.8. The average molecular weight is 382 g/mol. The van der Waals surface area contributed by atoms with Gasteiger partial charge in [0, 0.05) is 32.6 Å². The van der Waals surface area contributed by atoms with E-state index in [-0.39, 0.29) is 36.7 Å². The second-order valence-electron chi connectivity index (χ2n) is 6.34. The lowest BCUT2D eigenvalue weighted by Crippen LogP contribution is -2.50. The molecule has 26 heavy (non-hydrogen) atoms. The Hall–Kier alpha value is -1.93. The largest absolute Gasteiger partial charge is 0.466 e. The van der Waals surface area contributed by atoms with Crippen LogP contribution in [0.15, 0.2) is 23.1 Å². The fourth-order valence-electron chi connectivity index (χ4n) is 2.80. The van der Waals surface area contributed by atoms with Gasteiger partial charge in [-0.3, -0.25) is 9.59 Å². The lowest BCUT2D eigenvalue weighted by atomic mass is 10.1. The molecule has 1 fully saturated rings. The first-order valence-electron chi connectivity index (χ1n) is 8.76. The zero-order valence-electron chi connectivity index (χ0n) is 15.5. The molecule has 144 valence electrons. The fourth-order valence-corrected chi connectivity index (χ4v) is 4.31. The summed E-state index contributed by atoms with van der Waals surface area (Å²) in [6.45, 7) is 6.98. The highest BCUT2D eigenvalue weighted by molar-refractivity contribution is 7.89. The maximum atomic E-state index is 12.8. The van der Waals surface area contributed by atoms with Crippen LogP contribution < -0.4 is 0 Å². The van der Waals surface area contributed by atoms with Gasteiger partial charge in [0.15, 0.2) is 0 Å². The van der Waals surface area contributed by atoms with Crippen molar-refractivity contribution in [3.63, 3.8) is 0 Å². The van der Waals surface area contributed by atoms with Crippen molar-refractivity contribution in [1.82, 2.24) is 9.21 Å². The number of aryl methyl sites for hydroxylation is 2. The number of amides is 1. The van der Waals surface area contributed by atoms with Gasteiger partial charge in [-0.25, -0.2) is 8.42 Å². The molecular formula is C18H26N2O5S. The third-order valence-electron chi connectivity index (χ3n) is 4.56. The number of ether oxygens (including phenoxy) is 1. The molecule has 0 bridgehead atoms. The quantitative estimate of drug-likeness (QED) is 0.696. The van der Waals surface area contributed by atoms with E-state index in [2.05, 4.69) is 0 Å². The van der Waals surface area contributed by atoms with E-state index in [0.29, 0.717) is 19.7 Å². The summed E-state index contributed by atoms with van der Waals surface area (Å²) in [5.74, 6) is -0.543. The Morgan fingerprint density at radius 2 is 1.69 bits per heavy atom. The summed E-state index contributed by atoms with van der Waals surface area (Å²) in [6, 6.07) is 5.10. The van der Waals surface area contributed by atoms with E-state index < -0.39 is 16.0 Å². The van der Waals surface area contributed by atoms with Gasteiger partial charge in [-0.2, -0.15) is 4.31 Å². The number of benzene rings is 1. The number of rotatable bonds is 6. The smallest absolute Gasteiger partial charge is 0.306 e. The van der Waals surface area contributed by atoms with Crippen molar-refractivity contribution >= 4 is 21.9 Å². The monoisotopic (exact) mass is 382 g/mol. The van der Waals surface area contributed by atoms with Crippen LogP contribution in [0.25, 0.3) is 0 Å². The molecule has 7 nitrogen and oxygen atoms in total. The molecule has 1 amide bonds. The van der Waals surface area contributed by atoms with E-state index in [9.17, 15) is 18.0 Å². The van der Waals surface area contributed by atoms with Crippen LogP contribution in [-0.4, -0.2) is 62.3 Å². The number of carbonyl (C=O) groups is 2. The van der Waals surface area contributed by atoms with Crippen molar-refractivity contribution in [3.8, 4) is 0 Å². The molecule has 0 spiro atoms. The van der Waals surface area contributed by atoms with E-state index in [1.807, 2.05) is 13.8 Å². The molecule has 1 saturated heterocycles. The molecule has 1 aromatic rings. The number of esters is 1. The lowest BCUT2D eigenvalue weighted by Gasteiger charge is -2.34. The van der Waals surface area contributed by atoms with Crippen LogP contribution in [0.2, 0.25) is 0 Å². The van der Waals surface area contributed by atoms with Crippen molar-refractivity contribution in [2.45, 2.75) is 38.5 Å². The maximum Gasteiger partial charge on any atom is 0.306 e. The minimum Gasteiger partial charge on any atom is -0.466 e. The third-order valence-corrected chi connectivity index (χ3v) is 6.45. The van der Waals surface area contributed by atoms with Gasteiger partial charge in [0.25, 0.3) is 0 Å². The van der Waals surface area contributed by atoms with Crippen molar-refractivity contribution in [1.29, 1.82) is 0 Å². The SMILES string of the molecule is CCOC(=O)CCC(=O)N1CCN(S(=O)(=O)c2ccc(C)c(C)c2)CC1. The highest BCUT2D eigenvalue weighted by Crippen LogP contribution is 2.20. The second kappa shape index (κ2) is 8.64. The standard InChI is InChI=1S/C18H26N2O5S/c1-4-25-18(22)8-7-17(21)19-9-11-20(12-10-19)26(23,24)16-6-5-14(2)15(3)13-16/h5-6,13H,4,7-12H2,1-3H3. The number of sulfonamides is 1. The third kappa shape index (κ3) is 4.82. The van der Waals surface area contributed by atoms with E-state index in [1.54, 1.807) is 30.0 Å². The van der Waals surface area contributed by atoms with Crippen LogP contribution in [0.1, 0.15) is 30.9 Å². The Morgan fingerprint density at radius 3 is 2.27 bits per heavy atom. The summed E-state index contributed by atoms with van der Waals surface area (Å²) in [5.41, 5.74) is 1.97. The molecule has 0 radical (unpaired) electrons. The van der Waals surface area contributed by atoms with Crippen molar-refractivity contribution in [2.24, 2.45) is 0 Å². The minimum atomic E-state index is -3.56. The predicted molar refractivity (Wildman–Crippen MR) is 97.1 cm³/mol. The van der Waals surface area contributed by atoms with Crippen molar-refractivity contribution < 1.29 is 22.7 Å². The summed E-state index contributed by atoms with van der Waals surface area (Å²) in [4.78, 5) is 25.4. The molecule has 0 aromatic heterocycles. The highest BCUT2D eigenvalue weighted by Gasteiger charge is 2.30. The van der Waals surface area contributed by atoms with Gasteiger partial charge in [0.2, 0.25) is 15.9 Å². The van der Waals surface area contributed by atoms with Crippen LogP contribution in [-0.2, 0) is 24.3 Å². The van der Waals surface area contributed by atoms with Crippen LogP contribution in [0.3, 0.4) is 0 Å². The number of hydrogen-bond acceptors (Lipinski definition) is 5. The molecular weight excluding hydrogens is 356 g/mol. The van der Waals surface area contributed by atoms with Crippen LogP contribution in [0.4, 0.5) is 0 Å². The molecule has 1 aliphatic heterocycles. The molecule has 0 saturated carbocycles. The van der Waals surface area contributed by atoms with Gasteiger partial charge >= 0.3 is 5.97 Å². The summed E-state index contributed by atoms with van der Waals surface area (Å²) in [5, 5.41) is 0. The molecule has 2 rings (SSSR count).